The summed E-state index contributed by atoms with van der Waals surface area (Å²) in [6, 6.07) is 0. The Balaban J connectivity index is 4.10. The van der Waals surface area contributed by atoms with E-state index in [4.69, 9.17) is 15.3 Å². The number of aliphatic hydroxyl groups excluding tert-OH is 3. The van der Waals surface area contributed by atoms with E-state index < -0.39 is 18.8 Å². The molecule has 2 atom stereocenters. The maximum Gasteiger partial charge on any atom is 0.143 e. The molecule has 0 fully saturated rings. The summed E-state index contributed by atoms with van der Waals surface area (Å²) >= 11 is 0. The zero-order valence-electron chi connectivity index (χ0n) is 7.20. The van der Waals surface area contributed by atoms with Gasteiger partial charge in [-0.2, -0.15) is 0 Å². The van der Waals surface area contributed by atoms with E-state index in [2.05, 4.69) is 35.5 Å². The molecule has 0 bridgehead atoms. The molecule has 0 aliphatic carbocycles. The van der Waals surface area contributed by atoms with Gasteiger partial charge in [0.05, 0.1) is 6.61 Å². The Morgan fingerprint density at radius 3 is 2.23 bits per heavy atom. The fraction of sp³-hybridized carbons (Fsp3) is 0.400. The first-order valence-corrected chi connectivity index (χ1v) is 3.61. The van der Waals surface area contributed by atoms with Crippen molar-refractivity contribution >= 4 is 0 Å². The lowest BCUT2D eigenvalue weighted by Crippen LogP contribution is -2.27. The minimum absolute atomic E-state index is 0.530. The molecular formula is C10H10O3. The normalized spacial score (nSPS) is 12.0. The summed E-state index contributed by atoms with van der Waals surface area (Å²) in [6.45, 7) is 1.12. The predicted octanol–water partition coefficient (Wildman–Crippen LogP) is -1.27. The van der Waals surface area contributed by atoms with Crippen LogP contribution in [-0.2, 0) is 0 Å². The first-order chi connectivity index (χ1) is 6.22. The molecule has 3 heteroatoms. The van der Waals surface area contributed by atoms with Gasteiger partial charge in [-0.05, 0) is 30.6 Å². The van der Waals surface area contributed by atoms with Gasteiger partial charge in [-0.25, -0.2) is 0 Å². The molecule has 3 N–H and O–H groups in total. The van der Waals surface area contributed by atoms with Crippen molar-refractivity contribution in [1.82, 2.24) is 0 Å². The van der Waals surface area contributed by atoms with E-state index in [1.807, 2.05) is 0 Å². The van der Waals surface area contributed by atoms with Gasteiger partial charge in [0.2, 0.25) is 0 Å². The molecule has 0 radical (unpaired) electrons. The summed E-state index contributed by atoms with van der Waals surface area (Å²) < 4.78 is 0. The van der Waals surface area contributed by atoms with Gasteiger partial charge in [-0.3, -0.25) is 0 Å². The molecule has 13 heavy (non-hydrogen) atoms. The average molecular weight is 178 g/mol. The number of aliphatic hydroxyl groups is 3. The van der Waals surface area contributed by atoms with Gasteiger partial charge in [0.15, 0.2) is 0 Å². The molecule has 0 unspecified atom stereocenters. The molecule has 0 aromatic heterocycles. The van der Waals surface area contributed by atoms with Gasteiger partial charge < -0.3 is 15.3 Å². The molecule has 3 nitrogen and oxygen atoms in total. The number of rotatable bonds is 2. The Kier molecular flexibility index (Phi) is 6.42. The van der Waals surface area contributed by atoms with E-state index in [-0.39, 0.29) is 0 Å². The maximum atomic E-state index is 8.99. The van der Waals surface area contributed by atoms with Crippen LogP contribution in [0.5, 0.6) is 0 Å². The van der Waals surface area contributed by atoms with Crippen molar-refractivity contribution in [2.24, 2.45) is 0 Å². The lowest BCUT2D eigenvalue weighted by molar-refractivity contribution is 0.0139. The van der Waals surface area contributed by atoms with Crippen LogP contribution in [0, 0.1) is 35.5 Å². The topological polar surface area (TPSA) is 60.7 Å². The Hall–Kier alpha value is -1.44. The van der Waals surface area contributed by atoms with E-state index in [1.54, 1.807) is 6.92 Å². The molecule has 0 aromatic carbocycles. The third-order valence-electron chi connectivity index (χ3n) is 1.08. The first kappa shape index (κ1) is 11.6. The van der Waals surface area contributed by atoms with Crippen molar-refractivity contribution < 1.29 is 15.3 Å². The Bertz CT molecular complexity index is 313. The second-order valence-corrected chi connectivity index (χ2v) is 2.09. The Morgan fingerprint density at radius 2 is 1.69 bits per heavy atom. The van der Waals surface area contributed by atoms with Crippen LogP contribution in [0.1, 0.15) is 6.92 Å². The van der Waals surface area contributed by atoms with Gasteiger partial charge >= 0.3 is 0 Å². The van der Waals surface area contributed by atoms with Gasteiger partial charge in [0, 0.05) is 0 Å². The summed E-state index contributed by atoms with van der Waals surface area (Å²) in [4.78, 5) is 0. The molecule has 0 heterocycles. The number of hydrogen-bond donors (Lipinski definition) is 3. The van der Waals surface area contributed by atoms with Crippen LogP contribution in [-0.4, -0.2) is 34.1 Å². The third-order valence-corrected chi connectivity index (χ3v) is 1.08. The summed E-state index contributed by atoms with van der Waals surface area (Å²) in [5.41, 5.74) is 0. The highest BCUT2D eigenvalue weighted by atomic mass is 16.4. The minimum Gasteiger partial charge on any atom is -0.394 e. The standard InChI is InChI=1S/C10H10O3/c1-2-3-4-5-6-7-9(12)10(13)8-11/h9-13H,8H2,1H3/t9-,10-/m1/s1. The predicted molar refractivity (Wildman–Crippen MR) is 48.1 cm³/mol. The summed E-state index contributed by atoms with van der Waals surface area (Å²) in [6.07, 6.45) is -2.51. The highest BCUT2D eigenvalue weighted by Crippen LogP contribution is 1.88. The van der Waals surface area contributed by atoms with E-state index >= 15 is 0 Å². The quantitative estimate of drug-likeness (QED) is 0.462. The Labute approximate surface area is 77.4 Å². The maximum absolute atomic E-state index is 8.99. The smallest absolute Gasteiger partial charge is 0.143 e. The average Bonchev–Trinajstić information content (AvgIpc) is 2.16. The van der Waals surface area contributed by atoms with Crippen molar-refractivity contribution in [3.05, 3.63) is 0 Å². The highest BCUT2D eigenvalue weighted by molar-refractivity contribution is 5.35. The summed E-state index contributed by atoms with van der Waals surface area (Å²) in [5, 5.41) is 26.2. The lowest BCUT2D eigenvalue weighted by Gasteiger charge is -2.07. The van der Waals surface area contributed by atoms with Crippen LogP contribution in [0.25, 0.3) is 0 Å². The molecule has 0 amide bonds. The fourth-order valence-corrected chi connectivity index (χ4v) is 0.431. The summed E-state index contributed by atoms with van der Waals surface area (Å²) in [7, 11) is 0. The zero-order chi connectivity index (χ0) is 10.1. The monoisotopic (exact) mass is 178 g/mol. The van der Waals surface area contributed by atoms with Gasteiger partial charge in [0.25, 0.3) is 0 Å². The first-order valence-electron chi connectivity index (χ1n) is 3.61. The molecule has 0 saturated carbocycles. The van der Waals surface area contributed by atoms with Crippen LogP contribution < -0.4 is 0 Å². The van der Waals surface area contributed by atoms with Gasteiger partial charge in [-0.15, -0.1) is 0 Å². The van der Waals surface area contributed by atoms with Crippen molar-refractivity contribution in [2.45, 2.75) is 19.1 Å². The van der Waals surface area contributed by atoms with Crippen molar-refractivity contribution in [1.29, 1.82) is 0 Å². The van der Waals surface area contributed by atoms with E-state index in [1.165, 1.54) is 0 Å². The third kappa shape index (κ3) is 5.79. The molecule has 0 rings (SSSR count). The van der Waals surface area contributed by atoms with E-state index in [0.717, 1.165) is 0 Å². The van der Waals surface area contributed by atoms with Crippen LogP contribution in [0.15, 0.2) is 0 Å². The van der Waals surface area contributed by atoms with Crippen LogP contribution in [0.4, 0.5) is 0 Å². The molecule has 0 aliphatic rings. The molecule has 0 aromatic rings. The van der Waals surface area contributed by atoms with E-state index in [9.17, 15) is 0 Å². The Morgan fingerprint density at radius 1 is 1.08 bits per heavy atom. The molecular weight excluding hydrogens is 168 g/mol. The van der Waals surface area contributed by atoms with Crippen LogP contribution in [0.3, 0.4) is 0 Å². The summed E-state index contributed by atoms with van der Waals surface area (Å²) in [5.74, 6) is 14.3. The number of hydrogen-bond acceptors (Lipinski definition) is 3. The largest absolute Gasteiger partial charge is 0.394 e. The van der Waals surface area contributed by atoms with E-state index in [0.29, 0.717) is 0 Å². The minimum atomic E-state index is -1.27. The fourth-order valence-electron chi connectivity index (χ4n) is 0.431. The second-order valence-electron chi connectivity index (χ2n) is 2.09. The zero-order valence-corrected chi connectivity index (χ0v) is 7.20. The molecule has 0 aliphatic heterocycles. The van der Waals surface area contributed by atoms with Crippen LogP contribution in [0.2, 0.25) is 0 Å². The second kappa shape index (κ2) is 7.22. The van der Waals surface area contributed by atoms with Crippen molar-refractivity contribution in [2.75, 3.05) is 6.61 Å². The molecule has 0 saturated heterocycles. The van der Waals surface area contributed by atoms with Crippen molar-refractivity contribution in [3.8, 4) is 35.5 Å². The lowest BCUT2D eigenvalue weighted by atomic mass is 10.2. The van der Waals surface area contributed by atoms with Gasteiger partial charge in [0.1, 0.15) is 12.2 Å². The molecule has 68 valence electrons. The highest BCUT2D eigenvalue weighted by Gasteiger charge is 2.10. The van der Waals surface area contributed by atoms with Gasteiger partial charge in [-0.1, -0.05) is 11.8 Å². The SMILES string of the molecule is CC#CC#CC#C[C@@H](O)[C@H](O)CO. The van der Waals surface area contributed by atoms with Crippen LogP contribution >= 0.6 is 0 Å². The van der Waals surface area contributed by atoms with Crippen molar-refractivity contribution in [3.63, 3.8) is 0 Å². The molecule has 0 spiro atoms.